The first-order chi connectivity index (χ1) is 9.79. The minimum atomic E-state index is -0.101. The van der Waals surface area contributed by atoms with Gasteiger partial charge in [0.2, 0.25) is 0 Å². The van der Waals surface area contributed by atoms with Gasteiger partial charge in [-0.05, 0) is 53.3 Å². The Morgan fingerprint density at radius 3 is 2.38 bits per heavy atom. The molecule has 21 heavy (non-hydrogen) atoms. The molecule has 0 saturated carbocycles. The van der Waals surface area contributed by atoms with Gasteiger partial charge in [-0.2, -0.15) is 11.3 Å². The van der Waals surface area contributed by atoms with Crippen molar-refractivity contribution in [3.05, 3.63) is 51.7 Å². The van der Waals surface area contributed by atoms with Gasteiger partial charge in [0.05, 0.1) is 0 Å². The molecule has 0 radical (unpaired) electrons. The molecular formula is C18H25NOS. The van der Waals surface area contributed by atoms with Crippen molar-refractivity contribution in [2.24, 2.45) is 5.73 Å². The van der Waals surface area contributed by atoms with Crippen LogP contribution in [0, 0.1) is 6.92 Å². The molecule has 0 spiro atoms. The summed E-state index contributed by atoms with van der Waals surface area (Å²) in [6.07, 6.45) is -0.101. The van der Waals surface area contributed by atoms with E-state index in [0.29, 0.717) is 0 Å². The fraction of sp³-hybridized carbons (Fsp3) is 0.444. The molecule has 1 heterocycles. The molecule has 0 aliphatic carbocycles. The van der Waals surface area contributed by atoms with Crippen molar-refractivity contribution in [2.75, 3.05) is 0 Å². The van der Waals surface area contributed by atoms with Gasteiger partial charge < -0.3 is 10.5 Å². The first-order valence-electron chi connectivity index (χ1n) is 7.34. The third-order valence-electron chi connectivity index (χ3n) is 3.64. The van der Waals surface area contributed by atoms with Crippen molar-refractivity contribution < 1.29 is 4.74 Å². The molecule has 0 bridgehead atoms. The predicted molar refractivity (Wildman–Crippen MR) is 91.2 cm³/mol. The third-order valence-corrected chi connectivity index (χ3v) is 4.35. The van der Waals surface area contributed by atoms with E-state index in [1.165, 1.54) is 5.56 Å². The molecule has 0 aliphatic heterocycles. The maximum Gasteiger partial charge on any atom is 0.139 e. The molecule has 2 atom stereocenters. The van der Waals surface area contributed by atoms with Crippen LogP contribution >= 0.6 is 11.3 Å². The number of ether oxygens (including phenoxy) is 1. The lowest BCUT2D eigenvalue weighted by molar-refractivity contribution is 0.179. The van der Waals surface area contributed by atoms with Gasteiger partial charge in [-0.15, -0.1) is 0 Å². The van der Waals surface area contributed by atoms with Crippen LogP contribution in [0.5, 0.6) is 5.75 Å². The second-order valence-electron chi connectivity index (χ2n) is 6.68. The summed E-state index contributed by atoms with van der Waals surface area (Å²) < 4.78 is 6.20. The molecule has 0 aliphatic rings. The summed E-state index contributed by atoms with van der Waals surface area (Å²) >= 11 is 1.67. The quantitative estimate of drug-likeness (QED) is 0.878. The van der Waals surface area contributed by atoms with Crippen molar-refractivity contribution in [3.8, 4) is 5.75 Å². The molecule has 1 aromatic heterocycles. The summed E-state index contributed by atoms with van der Waals surface area (Å²) in [5.74, 6) is 0.913. The molecule has 1 aromatic carbocycles. The van der Waals surface area contributed by atoms with Crippen molar-refractivity contribution in [1.82, 2.24) is 0 Å². The SMILES string of the molecule is Cc1cc(C(C)(C)C)ccc1OC(c1ccsc1)C(C)N. The van der Waals surface area contributed by atoms with E-state index in [2.05, 4.69) is 62.7 Å². The summed E-state index contributed by atoms with van der Waals surface area (Å²) in [4.78, 5) is 0. The van der Waals surface area contributed by atoms with Gasteiger partial charge in [-0.3, -0.25) is 0 Å². The Bertz CT molecular complexity index is 582. The summed E-state index contributed by atoms with van der Waals surface area (Å²) in [7, 11) is 0. The van der Waals surface area contributed by atoms with Gasteiger partial charge in [0, 0.05) is 11.6 Å². The Morgan fingerprint density at radius 2 is 1.90 bits per heavy atom. The molecule has 3 heteroatoms. The summed E-state index contributed by atoms with van der Waals surface area (Å²) in [6, 6.07) is 8.45. The number of nitrogens with two attached hydrogens (primary N) is 1. The Hall–Kier alpha value is -1.32. The minimum Gasteiger partial charge on any atom is -0.484 e. The largest absolute Gasteiger partial charge is 0.484 e. The van der Waals surface area contributed by atoms with E-state index in [4.69, 9.17) is 10.5 Å². The van der Waals surface area contributed by atoms with Crippen LogP contribution in [0.25, 0.3) is 0 Å². The predicted octanol–water partition coefficient (Wildman–Crippen LogP) is 4.82. The second kappa shape index (κ2) is 6.20. The van der Waals surface area contributed by atoms with E-state index in [1.807, 2.05) is 6.92 Å². The van der Waals surface area contributed by atoms with Gasteiger partial charge in [0.1, 0.15) is 11.9 Å². The molecule has 2 unspecified atom stereocenters. The number of rotatable bonds is 4. The molecule has 2 aromatic rings. The maximum atomic E-state index is 6.20. The molecule has 2 N–H and O–H groups in total. The van der Waals surface area contributed by atoms with E-state index < -0.39 is 0 Å². The lowest BCUT2D eigenvalue weighted by Gasteiger charge is -2.25. The molecule has 0 fully saturated rings. The lowest BCUT2D eigenvalue weighted by Crippen LogP contribution is -2.29. The van der Waals surface area contributed by atoms with Crippen molar-refractivity contribution >= 4 is 11.3 Å². The Labute approximate surface area is 132 Å². The molecule has 0 amide bonds. The highest BCUT2D eigenvalue weighted by molar-refractivity contribution is 7.07. The van der Waals surface area contributed by atoms with Crippen LogP contribution in [0.15, 0.2) is 35.0 Å². The molecular weight excluding hydrogens is 278 g/mol. The highest BCUT2D eigenvalue weighted by Gasteiger charge is 2.20. The van der Waals surface area contributed by atoms with E-state index in [-0.39, 0.29) is 17.6 Å². The Morgan fingerprint density at radius 1 is 1.19 bits per heavy atom. The van der Waals surface area contributed by atoms with Gasteiger partial charge in [0.15, 0.2) is 0 Å². The molecule has 0 saturated heterocycles. The fourth-order valence-corrected chi connectivity index (χ4v) is 2.98. The van der Waals surface area contributed by atoms with Crippen molar-refractivity contribution in [2.45, 2.75) is 52.2 Å². The first-order valence-corrected chi connectivity index (χ1v) is 8.29. The van der Waals surface area contributed by atoms with Crippen LogP contribution in [0.1, 0.15) is 50.5 Å². The standard InChI is InChI=1S/C18H25NOS/c1-12-10-15(18(3,4)5)6-7-16(12)20-17(13(2)19)14-8-9-21-11-14/h6-11,13,17H,19H2,1-5H3. The summed E-state index contributed by atoms with van der Waals surface area (Å²) in [6.45, 7) is 10.7. The van der Waals surface area contributed by atoms with E-state index in [9.17, 15) is 0 Å². The molecule has 2 rings (SSSR count). The van der Waals surface area contributed by atoms with Crippen LogP contribution in [0.3, 0.4) is 0 Å². The second-order valence-corrected chi connectivity index (χ2v) is 7.46. The smallest absolute Gasteiger partial charge is 0.139 e. The number of thiophene rings is 1. The first kappa shape index (κ1) is 16.1. The highest BCUT2D eigenvalue weighted by Crippen LogP contribution is 2.31. The zero-order chi connectivity index (χ0) is 15.6. The number of hydrogen-bond donors (Lipinski definition) is 1. The van der Waals surface area contributed by atoms with Crippen LogP contribution in [-0.4, -0.2) is 6.04 Å². The van der Waals surface area contributed by atoms with Gasteiger partial charge in [-0.25, -0.2) is 0 Å². The molecule has 114 valence electrons. The number of hydrogen-bond acceptors (Lipinski definition) is 3. The zero-order valence-electron chi connectivity index (χ0n) is 13.5. The van der Waals surface area contributed by atoms with Crippen molar-refractivity contribution in [1.29, 1.82) is 0 Å². The Balaban J connectivity index is 2.26. The van der Waals surface area contributed by atoms with Crippen LogP contribution in [0.2, 0.25) is 0 Å². The van der Waals surface area contributed by atoms with Crippen LogP contribution in [0.4, 0.5) is 0 Å². The lowest BCUT2D eigenvalue weighted by atomic mass is 9.86. The minimum absolute atomic E-state index is 0.0544. The number of benzene rings is 1. The molecule has 2 nitrogen and oxygen atoms in total. The van der Waals surface area contributed by atoms with E-state index >= 15 is 0 Å². The third kappa shape index (κ3) is 3.86. The average molecular weight is 303 g/mol. The fourth-order valence-electron chi connectivity index (χ4n) is 2.30. The highest BCUT2D eigenvalue weighted by atomic mass is 32.1. The normalized spacial score (nSPS) is 14.8. The average Bonchev–Trinajstić information content (AvgIpc) is 2.89. The van der Waals surface area contributed by atoms with Gasteiger partial charge >= 0.3 is 0 Å². The topological polar surface area (TPSA) is 35.2 Å². The zero-order valence-corrected chi connectivity index (χ0v) is 14.3. The summed E-state index contributed by atoms with van der Waals surface area (Å²) in [5.41, 5.74) is 9.88. The van der Waals surface area contributed by atoms with Gasteiger partial charge in [0.25, 0.3) is 0 Å². The van der Waals surface area contributed by atoms with E-state index in [1.54, 1.807) is 11.3 Å². The van der Waals surface area contributed by atoms with Gasteiger partial charge in [-0.1, -0.05) is 32.9 Å². The van der Waals surface area contributed by atoms with Crippen LogP contribution < -0.4 is 10.5 Å². The van der Waals surface area contributed by atoms with Crippen LogP contribution in [-0.2, 0) is 5.41 Å². The maximum absolute atomic E-state index is 6.20. The van der Waals surface area contributed by atoms with Crippen molar-refractivity contribution in [3.63, 3.8) is 0 Å². The monoisotopic (exact) mass is 303 g/mol. The number of aryl methyl sites for hydroxylation is 1. The Kier molecular flexibility index (Phi) is 4.74. The van der Waals surface area contributed by atoms with E-state index in [0.717, 1.165) is 16.9 Å². The summed E-state index contributed by atoms with van der Waals surface area (Å²) in [5, 5.41) is 4.16.